The molecule has 5 nitrogen and oxygen atoms in total. The van der Waals surface area contributed by atoms with E-state index in [1.165, 1.54) is 17.8 Å². The van der Waals surface area contributed by atoms with E-state index in [0.29, 0.717) is 16.7 Å². The summed E-state index contributed by atoms with van der Waals surface area (Å²) in [6.07, 6.45) is 1.82. The van der Waals surface area contributed by atoms with Crippen LogP contribution in [-0.4, -0.2) is 21.2 Å². The molecule has 1 unspecified atom stereocenters. The van der Waals surface area contributed by atoms with Gasteiger partial charge in [-0.2, -0.15) is 15.0 Å². The van der Waals surface area contributed by atoms with Gasteiger partial charge < -0.3 is 11.1 Å². The van der Waals surface area contributed by atoms with Crippen molar-refractivity contribution in [1.82, 2.24) is 15.0 Å². The van der Waals surface area contributed by atoms with Crippen molar-refractivity contribution in [2.24, 2.45) is 0 Å². The largest absolute Gasteiger partial charge is 0.368 e. The molecule has 0 aliphatic carbocycles. The SMILES string of the molecule is CSc1nc(N)nc(NC(C)c2ccc(F)c(F)c2)n1. The van der Waals surface area contributed by atoms with Crippen molar-refractivity contribution in [2.45, 2.75) is 18.1 Å². The summed E-state index contributed by atoms with van der Waals surface area (Å²) in [6, 6.07) is 3.41. The molecule has 0 amide bonds. The first-order valence-electron chi connectivity index (χ1n) is 5.76. The van der Waals surface area contributed by atoms with Gasteiger partial charge in [0.2, 0.25) is 11.9 Å². The van der Waals surface area contributed by atoms with E-state index in [2.05, 4.69) is 20.3 Å². The van der Waals surface area contributed by atoms with Crippen molar-refractivity contribution in [3.8, 4) is 0 Å². The molecule has 1 aromatic carbocycles. The van der Waals surface area contributed by atoms with E-state index in [1.54, 1.807) is 6.92 Å². The van der Waals surface area contributed by atoms with Crippen LogP contribution in [0, 0.1) is 11.6 Å². The molecule has 0 saturated carbocycles. The highest BCUT2D eigenvalue weighted by molar-refractivity contribution is 7.98. The fourth-order valence-electron chi connectivity index (χ4n) is 1.59. The number of hydrogen-bond acceptors (Lipinski definition) is 6. The number of anilines is 2. The molecule has 0 radical (unpaired) electrons. The maximum Gasteiger partial charge on any atom is 0.228 e. The lowest BCUT2D eigenvalue weighted by Crippen LogP contribution is -2.12. The van der Waals surface area contributed by atoms with Crippen molar-refractivity contribution < 1.29 is 8.78 Å². The third-order valence-corrected chi connectivity index (χ3v) is 3.15. The second-order valence-electron chi connectivity index (χ2n) is 4.04. The van der Waals surface area contributed by atoms with E-state index in [1.807, 2.05) is 6.26 Å². The minimum absolute atomic E-state index is 0.101. The quantitative estimate of drug-likeness (QED) is 0.845. The van der Waals surface area contributed by atoms with E-state index >= 15 is 0 Å². The zero-order chi connectivity index (χ0) is 14.7. The summed E-state index contributed by atoms with van der Waals surface area (Å²) in [5, 5.41) is 3.46. The monoisotopic (exact) mass is 297 g/mol. The Bertz CT molecular complexity index is 623. The third kappa shape index (κ3) is 3.32. The Hall–Kier alpha value is -1.96. The van der Waals surface area contributed by atoms with Crippen LogP contribution in [0.15, 0.2) is 23.4 Å². The molecular formula is C12H13F2N5S. The van der Waals surface area contributed by atoms with Crippen LogP contribution < -0.4 is 11.1 Å². The second kappa shape index (κ2) is 6.00. The van der Waals surface area contributed by atoms with E-state index in [0.717, 1.165) is 12.1 Å². The molecule has 0 bridgehead atoms. The number of rotatable bonds is 4. The molecule has 106 valence electrons. The lowest BCUT2D eigenvalue weighted by Gasteiger charge is -2.14. The van der Waals surface area contributed by atoms with E-state index in [9.17, 15) is 8.78 Å². The van der Waals surface area contributed by atoms with Gasteiger partial charge in [0.1, 0.15) is 0 Å². The summed E-state index contributed by atoms with van der Waals surface area (Å²) >= 11 is 1.33. The minimum Gasteiger partial charge on any atom is -0.368 e. The summed E-state index contributed by atoms with van der Waals surface area (Å²) in [6.45, 7) is 1.78. The fourth-order valence-corrected chi connectivity index (χ4v) is 1.95. The Kier molecular flexibility index (Phi) is 4.33. The number of thioether (sulfide) groups is 1. The Balaban J connectivity index is 2.20. The molecular weight excluding hydrogens is 284 g/mol. The van der Waals surface area contributed by atoms with Crippen LogP contribution in [0.4, 0.5) is 20.7 Å². The molecule has 20 heavy (non-hydrogen) atoms. The van der Waals surface area contributed by atoms with Gasteiger partial charge in [-0.3, -0.25) is 0 Å². The van der Waals surface area contributed by atoms with E-state index < -0.39 is 11.6 Å². The Labute approximate surface area is 119 Å². The number of halogens is 2. The fraction of sp³-hybridized carbons (Fsp3) is 0.250. The zero-order valence-corrected chi connectivity index (χ0v) is 11.7. The van der Waals surface area contributed by atoms with Gasteiger partial charge in [0.05, 0.1) is 6.04 Å². The number of nitrogen functional groups attached to an aromatic ring is 1. The minimum atomic E-state index is -0.892. The second-order valence-corrected chi connectivity index (χ2v) is 4.82. The summed E-state index contributed by atoms with van der Waals surface area (Å²) in [5.41, 5.74) is 6.15. The van der Waals surface area contributed by atoms with Gasteiger partial charge in [-0.05, 0) is 30.9 Å². The molecule has 2 aromatic rings. The lowest BCUT2D eigenvalue weighted by atomic mass is 10.1. The van der Waals surface area contributed by atoms with Crippen molar-refractivity contribution >= 4 is 23.7 Å². The first-order chi connectivity index (χ1) is 9.49. The standard InChI is InChI=1S/C12H13F2N5S/c1-6(7-3-4-8(13)9(14)5-7)16-11-17-10(15)18-12(19-11)20-2/h3-6H,1-2H3,(H3,15,16,17,18,19). The molecule has 8 heteroatoms. The number of nitrogens with zero attached hydrogens (tertiary/aromatic N) is 3. The van der Waals surface area contributed by atoms with Gasteiger partial charge in [0.15, 0.2) is 16.8 Å². The van der Waals surface area contributed by atoms with Crippen LogP contribution in [0.1, 0.15) is 18.5 Å². The molecule has 0 aliphatic heterocycles. The summed E-state index contributed by atoms with van der Waals surface area (Å²) in [4.78, 5) is 12.0. The summed E-state index contributed by atoms with van der Waals surface area (Å²) in [7, 11) is 0. The smallest absolute Gasteiger partial charge is 0.228 e. The van der Waals surface area contributed by atoms with Gasteiger partial charge in [0, 0.05) is 0 Å². The average Bonchev–Trinajstić information content (AvgIpc) is 2.41. The van der Waals surface area contributed by atoms with Crippen LogP contribution >= 0.6 is 11.8 Å². The first-order valence-corrected chi connectivity index (χ1v) is 6.99. The predicted molar refractivity (Wildman–Crippen MR) is 74.4 cm³/mol. The average molecular weight is 297 g/mol. The van der Waals surface area contributed by atoms with Crippen LogP contribution in [-0.2, 0) is 0 Å². The van der Waals surface area contributed by atoms with Crippen molar-refractivity contribution in [1.29, 1.82) is 0 Å². The summed E-state index contributed by atoms with van der Waals surface area (Å²) < 4.78 is 26.1. The van der Waals surface area contributed by atoms with Gasteiger partial charge in [0.25, 0.3) is 0 Å². The highest BCUT2D eigenvalue weighted by Gasteiger charge is 2.11. The molecule has 0 aliphatic rings. The number of benzene rings is 1. The van der Waals surface area contributed by atoms with E-state index in [-0.39, 0.29) is 12.0 Å². The topological polar surface area (TPSA) is 76.7 Å². The molecule has 0 saturated heterocycles. The molecule has 1 aromatic heterocycles. The number of nitrogens with one attached hydrogen (secondary N) is 1. The normalized spacial score (nSPS) is 12.2. The van der Waals surface area contributed by atoms with E-state index in [4.69, 9.17) is 5.73 Å². The van der Waals surface area contributed by atoms with Crippen LogP contribution in [0.5, 0.6) is 0 Å². The highest BCUT2D eigenvalue weighted by Crippen LogP contribution is 2.20. The molecule has 0 fully saturated rings. The maximum atomic E-state index is 13.2. The van der Waals surface area contributed by atoms with Crippen LogP contribution in [0.2, 0.25) is 0 Å². The zero-order valence-electron chi connectivity index (χ0n) is 10.9. The number of hydrogen-bond donors (Lipinski definition) is 2. The first kappa shape index (κ1) is 14.4. The third-order valence-electron chi connectivity index (χ3n) is 2.60. The maximum absolute atomic E-state index is 13.2. The Morgan fingerprint density at radius 2 is 1.95 bits per heavy atom. The number of aromatic nitrogens is 3. The van der Waals surface area contributed by atoms with Gasteiger partial charge in [-0.1, -0.05) is 17.8 Å². The summed E-state index contributed by atoms with van der Waals surface area (Å²) in [5.74, 6) is -1.38. The van der Waals surface area contributed by atoms with Crippen molar-refractivity contribution in [3.63, 3.8) is 0 Å². The van der Waals surface area contributed by atoms with Crippen LogP contribution in [0.3, 0.4) is 0 Å². The molecule has 3 N–H and O–H groups in total. The van der Waals surface area contributed by atoms with Gasteiger partial charge >= 0.3 is 0 Å². The molecule has 1 heterocycles. The van der Waals surface area contributed by atoms with Gasteiger partial charge in [-0.15, -0.1) is 0 Å². The van der Waals surface area contributed by atoms with Gasteiger partial charge in [-0.25, -0.2) is 8.78 Å². The highest BCUT2D eigenvalue weighted by atomic mass is 32.2. The van der Waals surface area contributed by atoms with Crippen LogP contribution in [0.25, 0.3) is 0 Å². The Morgan fingerprint density at radius 1 is 1.20 bits per heavy atom. The molecule has 1 atom stereocenters. The Morgan fingerprint density at radius 3 is 2.60 bits per heavy atom. The molecule has 2 rings (SSSR count). The predicted octanol–water partition coefficient (Wildman–Crippen LogP) is 2.63. The molecule has 0 spiro atoms. The van der Waals surface area contributed by atoms with Crippen molar-refractivity contribution in [3.05, 3.63) is 35.4 Å². The lowest BCUT2D eigenvalue weighted by molar-refractivity contribution is 0.506. The number of nitrogens with two attached hydrogens (primary N) is 1. The van der Waals surface area contributed by atoms with Crippen molar-refractivity contribution in [2.75, 3.05) is 17.3 Å².